The summed E-state index contributed by atoms with van der Waals surface area (Å²) in [7, 11) is 0. The van der Waals surface area contributed by atoms with Crippen LogP contribution in [-0.2, 0) is 4.79 Å². The molecule has 0 heterocycles. The smallest absolute Gasteiger partial charge is 0.243 e. The van der Waals surface area contributed by atoms with Gasteiger partial charge in [0.1, 0.15) is 0 Å². The van der Waals surface area contributed by atoms with E-state index in [9.17, 15) is 4.79 Å². The van der Waals surface area contributed by atoms with Crippen LogP contribution in [0.3, 0.4) is 0 Å². The fourth-order valence-electron chi connectivity index (χ4n) is 1.37. The van der Waals surface area contributed by atoms with E-state index in [2.05, 4.69) is 18.0 Å². The Morgan fingerprint density at radius 1 is 1.53 bits per heavy atom. The maximum Gasteiger partial charge on any atom is 0.243 e. The fourth-order valence-corrected chi connectivity index (χ4v) is 2.07. The van der Waals surface area contributed by atoms with Crippen LogP contribution in [0.15, 0.2) is 41.8 Å². The van der Waals surface area contributed by atoms with Crippen molar-refractivity contribution >= 4 is 17.7 Å². The number of hydrogen-bond donors (Lipinski definition) is 1. The van der Waals surface area contributed by atoms with E-state index in [1.807, 2.05) is 31.4 Å². The summed E-state index contributed by atoms with van der Waals surface area (Å²) in [6, 6.07) is 8.07. The molecule has 0 unspecified atom stereocenters. The van der Waals surface area contributed by atoms with Crippen LogP contribution in [0, 0.1) is 0 Å². The van der Waals surface area contributed by atoms with Gasteiger partial charge >= 0.3 is 0 Å². The van der Waals surface area contributed by atoms with E-state index in [0.717, 1.165) is 5.56 Å². The zero-order valence-electron chi connectivity index (χ0n) is 8.99. The molecule has 0 saturated heterocycles. The second-order valence-electron chi connectivity index (χ2n) is 3.18. The van der Waals surface area contributed by atoms with Gasteiger partial charge in [-0.15, -0.1) is 11.8 Å². The Morgan fingerprint density at radius 2 is 2.20 bits per heavy atom. The van der Waals surface area contributed by atoms with E-state index in [-0.39, 0.29) is 11.9 Å². The number of benzene rings is 1. The molecule has 3 heteroatoms. The average Bonchev–Trinajstić information content (AvgIpc) is 2.28. The van der Waals surface area contributed by atoms with Gasteiger partial charge in [-0.05, 0) is 30.9 Å². The van der Waals surface area contributed by atoms with Gasteiger partial charge in [-0.25, -0.2) is 0 Å². The van der Waals surface area contributed by atoms with Crippen molar-refractivity contribution in [2.45, 2.75) is 17.9 Å². The molecule has 1 amide bonds. The molecule has 0 spiro atoms. The molecule has 0 aliphatic rings. The summed E-state index contributed by atoms with van der Waals surface area (Å²) < 4.78 is 0. The summed E-state index contributed by atoms with van der Waals surface area (Å²) in [6.07, 6.45) is 3.32. The molecule has 0 aliphatic carbocycles. The molecule has 1 aromatic rings. The van der Waals surface area contributed by atoms with E-state index < -0.39 is 0 Å². The topological polar surface area (TPSA) is 29.1 Å². The summed E-state index contributed by atoms with van der Waals surface area (Å²) >= 11 is 1.68. The van der Waals surface area contributed by atoms with Gasteiger partial charge in [-0.1, -0.05) is 24.8 Å². The second kappa shape index (κ2) is 5.61. The van der Waals surface area contributed by atoms with Crippen molar-refractivity contribution < 1.29 is 4.79 Å². The molecule has 0 fully saturated rings. The first-order valence-corrected chi connectivity index (χ1v) is 5.97. The quantitative estimate of drug-likeness (QED) is 0.625. The number of rotatable bonds is 4. The lowest BCUT2D eigenvalue weighted by atomic mass is 10.1. The number of amides is 1. The Kier molecular flexibility index (Phi) is 4.43. The third-order valence-corrected chi connectivity index (χ3v) is 2.96. The number of thioether (sulfide) groups is 1. The summed E-state index contributed by atoms with van der Waals surface area (Å²) in [5.41, 5.74) is 1.14. The average molecular weight is 221 g/mol. The standard InChI is InChI=1S/C12H15NOS/c1-4-12(14)13-9(2)10-7-5-6-8-11(10)15-3/h4-9H,1H2,2-3H3,(H,13,14)/t9-/m0/s1. The number of carbonyl (C=O) groups is 1. The highest BCUT2D eigenvalue weighted by atomic mass is 32.2. The SMILES string of the molecule is C=CC(=O)N[C@@H](C)c1ccccc1SC. The molecule has 0 aromatic heterocycles. The minimum atomic E-state index is -0.140. The predicted octanol–water partition coefficient (Wildman–Crippen LogP) is 2.77. The van der Waals surface area contributed by atoms with Crippen LogP contribution >= 0.6 is 11.8 Å². The summed E-state index contributed by atoms with van der Waals surface area (Å²) in [4.78, 5) is 12.3. The van der Waals surface area contributed by atoms with Crippen LogP contribution in [0.2, 0.25) is 0 Å². The highest BCUT2D eigenvalue weighted by Gasteiger charge is 2.10. The van der Waals surface area contributed by atoms with Gasteiger partial charge < -0.3 is 5.32 Å². The van der Waals surface area contributed by atoms with Gasteiger partial charge in [0.05, 0.1) is 6.04 Å². The first kappa shape index (κ1) is 11.9. The monoisotopic (exact) mass is 221 g/mol. The molecule has 1 N–H and O–H groups in total. The van der Waals surface area contributed by atoms with Crippen LogP contribution in [0.4, 0.5) is 0 Å². The van der Waals surface area contributed by atoms with Crippen LogP contribution in [0.25, 0.3) is 0 Å². The van der Waals surface area contributed by atoms with Crippen molar-refractivity contribution in [2.24, 2.45) is 0 Å². The maximum absolute atomic E-state index is 11.2. The van der Waals surface area contributed by atoms with Crippen molar-refractivity contribution in [3.05, 3.63) is 42.5 Å². The van der Waals surface area contributed by atoms with Crippen molar-refractivity contribution in [1.29, 1.82) is 0 Å². The lowest BCUT2D eigenvalue weighted by Crippen LogP contribution is -2.24. The number of nitrogens with one attached hydrogen (secondary N) is 1. The van der Waals surface area contributed by atoms with Gasteiger partial charge in [-0.3, -0.25) is 4.79 Å². The minimum Gasteiger partial charge on any atom is -0.346 e. The largest absolute Gasteiger partial charge is 0.346 e. The molecule has 0 saturated carbocycles. The highest BCUT2D eigenvalue weighted by Crippen LogP contribution is 2.25. The van der Waals surface area contributed by atoms with Crippen molar-refractivity contribution in [3.63, 3.8) is 0 Å². The summed E-state index contributed by atoms with van der Waals surface area (Å²) in [6.45, 7) is 5.40. The third-order valence-electron chi connectivity index (χ3n) is 2.15. The Balaban J connectivity index is 2.85. The van der Waals surface area contributed by atoms with E-state index in [1.54, 1.807) is 11.8 Å². The van der Waals surface area contributed by atoms with E-state index in [1.165, 1.54) is 11.0 Å². The third kappa shape index (κ3) is 3.13. The normalized spacial score (nSPS) is 11.9. The molecule has 15 heavy (non-hydrogen) atoms. The van der Waals surface area contributed by atoms with Gasteiger partial charge in [0, 0.05) is 4.90 Å². The molecule has 0 radical (unpaired) electrons. The van der Waals surface area contributed by atoms with Gasteiger partial charge in [0.15, 0.2) is 0 Å². The van der Waals surface area contributed by atoms with Crippen LogP contribution in [0.5, 0.6) is 0 Å². The zero-order valence-corrected chi connectivity index (χ0v) is 9.80. The molecular weight excluding hydrogens is 206 g/mol. The van der Waals surface area contributed by atoms with Crippen molar-refractivity contribution in [1.82, 2.24) is 5.32 Å². The molecule has 1 rings (SSSR count). The van der Waals surface area contributed by atoms with Gasteiger partial charge in [0.25, 0.3) is 0 Å². The first-order chi connectivity index (χ1) is 7.19. The number of hydrogen-bond acceptors (Lipinski definition) is 2. The van der Waals surface area contributed by atoms with Gasteiger partial charge in [0.2, 0.25) is 5.91 Å². The summed E-state index contributed by atoms with van der Waals surface area (Å²) in [5.74, 6) is -0.140. The van der Waals surface area contributed by atoms with Crippen molar-refractivity contribution in [3.8, 4) is 0 Å². The number of carbonyl (C=O) groups excluding carboxylic acids is 1. The molecule has 1 aromatic carbocycles. The van der Waals surface area contributed by atoms with Crippen LogP contribution in [-0.4, -0.2) is 12.2 Å². The van der Waals surface area contributed by atoms with Crippen molar-refractivity contribution in [2.75, 3.05) is 6.26 Å². The van der Waals surface area contributed by atoms with E-state index in [0.29, 0.717) is 0 Å². The van der Waals surface area contributed by atoms with Crippen LogP contribution in [0.1, 0.15) is 18.5 Å². The van der Waals surface area contributed by atoms with Gasteiger partial charge in [-0.2, -0.15) is 0 Å². The maximum atomic E-state index is 11.2. The predicted molar refractivity (Wildman–Crippen MR) is 65.0 cm³/mol. The molecule has 2 nitrogen and oxygen atoms in total. The lowest BCUT2D eigenvalue weighted by Gasteiger charge is -2.15. The minimum absolute atomic E-state index is 0.0131. The summed E-state index contributed by atoms with van der Waals surface area (Å²) in [5, 5.41) is 2.85. The van der Waals surface area contributed by atoms with E-state index in [4.69, 9.17) is 0 Å². The molecule has 1 atom stereocenters. The first-order valence-electron chi connectivity index (χ1n) is 4.75. The zero-order chi connectivity index (χ0) is 11.3. The lowest BCUT2D eigenvalue weighted by molar-refractivity contribution is -0.117. The Hall–Kier alpha value is -1.22. The molecule has 80 valence electrons. The molecule has 0 bridgehead atoms. The molecule has 0 aliphatic heterocycles. The highest BCUT2D eigenvalue weighted by molar-refractivity contribution is 7.98. The van der Waals surface area contributed by atoms with E-state index >= 15 is 0 Å². The Morgan fingerprint density at radius 3 is 2.80 bits per heavy atom. The fraction of sp³-hybridized carbons (Fsp3) is 0.250. The Labute approximate surface area is 94.8 Å². The second-order valence-corrected chi connectivity index (χ2v) is 4.02. The molecular formula is C12H15NOS. The van der Waals surface area contributed by atoms with Crippen LogP contribution < -0.4 is 5.32 Å². The Bertz CT molecular complexity index is 362.